The Hall–Kier alpha value is -1.96. The summed E-state index contributed by atoms with van der Waals surface area (Å²) in [7, 11) is 0. The molecule has 0 radical (unpaired) electrons. The number of nitrogens with zero attached hydrogens (tertiary/aromatic N) is 3. The number of morpholine rings is 1. The van der Waals surface area contributed by atoms with E-state index in [0.29, 0.717) is 13.1 Å². The van der Waals surface area contributed by atoms with E-state index in [0.717, 1.165) is 56.6 Å². The monoisotopic (exact) mass is 372 g/mol. The first kappa shape index (κ1) is 17.5. The van der Waals surface area contributed by atoms with E-state index in [9.17, 15) is 4.79 Å². The summed E-state index contributed by atoms with van der Waals surface area (Å²) in [6.07, 6.45) is 1.01. The fourth-order valence-electron chi connectivity index (χ4n) is 3.41. The third kappa shape index (κ3) is 4.23. The Balaban J connectivity index is 1.25. The first-order valence-corrected chi connectivity index (χ1v) is 9.99. The highest BCUT2D eigenvalue weighted by Crippen LogP contribution is 2.21. The van der Waals surface area contributed by atoms with E-state index in [4.69, 9.17) is 4.74 Å². The van der Waals surface area contributed by atoms with Gasteiger partial charge in [-0.3, -0.25) is 9.69 Å². The number of amides is 1. The van der Waals surface area contributed by atoms with Crippen molar-refractivity contribution in [2.45, 2.75) is 19.5 Å². The van der Waals surface area contributed by atoms with Gasteiger partial charge in [0.1, 0.15) is 0 Å². The molecule has 0 saturated carbocycles. The topological polar surface area (TPSA) is 57.7 Å². The summed E-state index contributed by atoms with van der Waals surface area (Å²) in [5, 5.41) is 6.06. The number of anilines is 1. The molecule has 2 aliphatic rings. The second kappa shape index (κ2) is 8.16. The van der Waals surface area contributed by atoms with Crippen molar-refractivity contribution in [1.82, 2.24) is 15.2 Å². The van der Waals surface area contributed by atoms with Crippen LogP contribution < -0.4 is 10.2 Å². The smallest absolute Gasteiger partial charge is 0.234 e. The van der Waals surface area contributed by atoms with Gasteiger partial charge in [-0.1, -0.05) is 24.3 Å². The average molecular weight is 372 g/mol. The van der Waals surface area contributed by atoms with Crippen LogP contribution in [-0.4, -0.2) is 55.2 Å². The molecule has 0 aliphatic carbocycles. The molecule has 1 fully saturated rings. The minimum absolute atomic E-state index is 0.0605. The Morgan fingerprint density at radius 1 is 1.19 bits per heavy atom. The van der Waals surface area contributed by atoms with E-state index in [1.54, 1.807) is 11.3 Å². The Morgan fingerprint density at radius 3 is 2.85 bits per heavy atom. The lowest BCUT2D eigenvalue weighted by atomic mass is 10.00. The molecular weight excluding hydrogens is 348 g/mol. The first-order chi connectivity index (χ1) is 12.8. The zero-order valence-corrected chi connectivity index (χ0v) is 15.6. The number of nitrogens with one attached hydrogen (secondary N) is 1. The average Bonchev–Trinajstić information content (AvgIpc) is 3.16. The van der Waals surface area contributed by atoms with Gasteiger partial charge in [0.2, 0.25) is 5.91 Å². The van der Waals surface area contributed by atoms with Crippen molar-refractivity contribution in [3.05, 3.63) is 46.5 Å². The van der Waals surface area contributed by atoms with Crippen molar-refractivity contribution < 1.29 is 9.53 Å². The Kier molecular flexibility index (Phi) is 5.48. The van der Waals surface area contributed by atoms with E-state index in [-0.39, 0.29) is 5.91 Å². The predicted molar refractivity (Wildman–Crippen MR) is 102 cm³/mol. The fourth-order valence-corrected chi connectivity index (χ4v) is 4.29. The van der Waals surface area contributed by atoms with Crippen LogP contribution in [0.3, 0.4) is 0 Å². The third-order valence-electron chi connectivity index (χ3n) is 4.86. The number of ether oxygens (including phenoxy) is 1. The van der Waals surface area contributed by atoms with E-state index < -0.39 is 0 Å². The second-order valence-corrected chi connectivity index (χ2v) is 7.56. The molecule has 0 spiro atoms. The third-order valence-corrected chi connectivity index (χ3v) is 5.82. The van der Waals surface area contributed by atoms with Gasteiger partial charge in [0.05, 0.1) is 32.0 Å². The van der Waals surface area contributed by atoms with Crippen LogP contribution in [0.2, 0.25) is 0 Å². The molecule has 0 unspecified atom stereocenters. The molecule has 0 atom stereocenters. The number of aromatic nitrogens is 1. The molecule has 2 aliphatic heterocycles. The molecule has 6 nitrogen and oxygen atoms in total. The fraction of sp³-hybridized carbons (Fsp3) is 0.474. The maximum atomic E-state index is 12.3. The number of carbonyl (C=O) groups excluding carboxylic acids is 1. The van der Waals surface area contributed by atoms with Crippen molar-refractivity contribution in [2.24, 2.45) is 0 Å². The molecule has 0 bridgehead atoms. The Morgan fingerprint density at radius 2 is 2.00 bits per heavy atom. The normalized spacial score (nSPS) is 17.8. The van der Waals surface area contributed by atoms with Gasteiger partial charge in [-0.25, -0.2) is 4.98 Å². The molecule has 4 rings (SSSR count). The summed E-state index contributed by atoms with van der Waals surface area (Å²) in [4.78, 5) is 21.4. The standard InChI is InChI=1S/C19H24N4O2S/c24-18(13-22-6-5-15-3-1-2-4-16(15)12-22)20-11-17-14-26-19(21-17)23-7-9-25-10-8-23/h1-4,14H,5-13H2,(H,20,24). The zero-order chi connectivity index (χ0) is 17.8. The van der Waals surface area contributed by atoms with Gasteiger partial charge in [0.15, 0.2) is 5.13 Å². The Labute approximate surface area is 157 Å². The first-order valence-electron chi connectivity index (χ1n) is 9.11. The van der Waals surface area contributed by atoms with Crippen LogP contribution in [0.25, 0.3) is 0 Å². The highest BCUT2D eigenvalue weighted by Gasteiger charge is 2.18. The highest BCUT2D eigenvalue weighted by atomic mass is 32.1. The summed E-state index contributed by atoms with van der Waals surface area (Å²) < 4.78 is 5.37. The van der Waals surface area contributed by atoms with Crippen LogP contribution in [0, 0.1) is 0 Å². The van der Waals surface area contributed by atoms with Crippen LogP contribution in [0.5, 0.6) is 0 Å². The predicted octanol–water partition coefficient (Wildman–Crippen LogP) is 1.65. The van der Waals surface area contributed by atoms with Crippen molar-refractivity contribution in [3.8, 4) is 0 Å². The molecule has 138 valence electrons. The van der Waals surface area contributed by atoms with Gasteiger partial charge in [-0.2, -0.15) is 0 Å². The van der Waals surface area contributed by atoms with Crippen LogP contribution in [-0.2, 0) is 29.0 Å². The molecule has 1 N–H and O–H groups in total. The van der Waals surface area contributed by atoms with Crippen LogP contribution in [0.1, 0.15) is 16.8 Å². The summed E-state index contributed by atoms with van der Waals surface area (Å²) >= 11 is 1.63. The highest BCUT2D eigenvalue weighted by molar-refractivity contribution is 7.13. The molecule has 1 amide bonds. The van der Waals surface area contributed by atoms with Crippen molar-refractivity contribution >= 4 is 22.4 Å². The number of hydrogen-bond donors (Lipinski definition) is 1. The minimum atomic E-state index is 0.0605. The quantitative estimate of drug-likeness (QED) is 0.865. The molecular formula is C19H24N4O2S. The molecule has 7 heteroatoms. The van der Waals surface area contributed by atoms with Gasteiger partial charge < -0.3 is 15.0 Å². The molecule has 26 heavy (non-hydrogen) atoms. The largest absolute Gasteiger partial charge is 0.378 e. The van der Waals surface area contributed by atoms with E-state index in [1.165, 1.54) is 11.1 Å². The molecule has 3 heterocycles. The SMILES string of the molecule is O=C(CN1CCc2ccccc2C1)NCc1csc(N2CCOCC2)n1. The number of thiazole rings is 1. The van der Waals surface area contributed by atoms with Gasteiger partial charge >= 0.3 is 0 Å². The van der Waals surface area contributed by atoms with E-state index >= 15 is 0 Å². The number of hydrogen-bond acceptors (Lipinski definition) is 6. The number of benzene rings is 1. The molecule has 2 aromatic rings. The van der Waals surface area contributed by atoms with Crippen molar-refractivity contribution in [1.29, 1.82) is 0 Å². The number of carbonyl (C=O) groups is 1. The summed E-state index contributed by atoms with van der Waals surface area (Å²) in [5.41, 5.74) is 3.66. The van der Waals surface area contributed by atoms with Gasteiger partial charge in [-0.05, 0) is 17.5 Å². The zero-order valence-electron chi connectivity index (χ0n) is 14.8. The Bertz CT molecular complexity index is 758. The van der Waals surface area contributed by atoms with Gasteiger partial charge in [0.25, 0.3) is 0 Å². The van der Waals surface area contributed by atoms with E-state index in [1.807, 2.05) is 5.38 Å². The van der Waals surface area contributed by atoms with Gasteiger partial charge in [0, 0.05) is 31.6 Å². The summed E-state index contributed by atoms with van der Waals surface area (Å²) in [5.74, 6) is 0.0605. The lowest BCUT2D eigenvalue weighted by Gasteiger charge is -2.28. The lowest BCUT2D eigenvalue weighted by molar-refractivity contribution is -0.122. The van der Waals surface area contributed by atoms with Crippen LogP contribution in [0.4, 0.5) is 5.13 Å². The van der Waals surface area contributed by atoms with Gasteiger partial charge in [-0.15, -0.1) is 11.3 Å². The molecule has 1 aromatic heterocycles. The van der Waals surface area contributed by atoms with Crippen LogP contribution >= 0.6 is 11.3 Å². The lowest BCUT2D eigenvalue weighted by Crippen LogP contribution is -2.39. The van der Waals surface area contributed by atoms with Crippen LogP contribution in [0.15, 0.2) is 29.6 Å². The molecule has 1 aromatic carbocycles. The maximum Gasteiger partial charge on any atom is 0.234 e. The van der Waals surface area contributed by atoms with Crippen molar-refractivity contribution in [2.75, 3.05) is 44.3 Å². The number of rotatable bonds is 5. The maximum absolute atomic E-state index is 12.3. The summed E-state index contributed by atoms with van der Waals surface area (Å²) in [6.45, 7) is 5.99. The molecule has 1 saturated heterocycles. The number of fused-ring (bicyclic) bond motifs is 1. The minimum Gasteiger partial charge on any atom is -0.378 e. The second-order valence-electron chi connectivity index (χ2n) is 6.73. The van der Waals surface area contributed by atoms with E-state index in [2.05, 4.69) is 44.4 Å². The summed E-state index contributed by atoms with van der Waals surface area (Å²) in [6, 6.07) is 8.49. The van der Waals surface area contributed by atoms with Crippen molar-refractivity contribution in [3.63, 3.8) is 0 Å².